The smallest absolute Gasteiger partial charge is 0.237 e. The van der Waals surface area contributed by atoms with Crippen molar-refractivity contribution in [3.8, 4) is 11.5 Å². The standard InChI is InChI=1S/C30H34N4O3S/c1-20(29(35)31-23-17-25(36-2)19-26(18-23)37-3)38-30-33-32-28(34(30)24-13-5-4-6-14-24)16-22-12-9-11-21-10-7-8-15-27(21)22/h7-12,15,17-20,24H,4-6,13-14,16H2,1-3H3,(H,31,35). The summed E-state index contributed by atoms with van der Waals surface area (Å²) >= 11 is 1.46. The van der Waals surface area contributed by atoms with E-state index in [1.165, 1.54) is 47.4 Å². The molecule has 38 heavy (non-hydrogen) atoms. The summed E-state index contributed by atoms with van der Waals surface area (Å²) in [5.41, 5.74) is 1.87. The minimum absolute atomic E-state index is 0.112. The number of ether oxygens (including phenoxy) is 2. The number of benzene rings is 3. The fourth-order valence-corrected chi connectivity index (χ4v) is 6.10. The van der Waals surface area contributed by atoms with Crippen molar-refractivity contribution in [3.63, 3.8) is 0 Å². The van der Waals surface area contributed by atoms with Gasteiger partial charge in [0.1, 0.15) is 17.3 Å². The molecule has 8 heteroatoms. The molecule has 1 amide bonds. The molecule has 1 fully saturated rings. The number of amides is 1. The van der Waals surface area contributed by atoms with E-state index in [1.807, 2.05) is 6.92 Å². The minimum atomic E-state index is -0.371. The lowest BCUT2D eigenvalue weighted by Crippen LogP contribution is -2.24. The van der Waals surface area contributed by atoms with Crippen LogP contribution in [-0.4, -0.2) is 40.1 Å². The first kappa shape index (κ1) is 26.1. The fraction of sp³-hybridized carbons (Fsp3) is 0.367. The SMILES string of the molecule is COc1cc(NC(=O)C(C)Sc2nnc(Cc3cccc4ccccc34)n2C2CCCCC2)cc(OC)c1. The van der Waals surface area contributed by atoms with Crippen LogP contribution in [0.5, 0.6) is 11.5 Å². The summed E-state index contributed by atoms with van der Waals surface area (Å²) in [4.78, 5) is 13.2. The Labute approximate surface area is 227 Å². The fourth-order valence-electron chi connectivity index (χ4n) is 5.17. The number of carbonyl (C=O) groups is 1. The molecule has 1 aliphatic carbocycles. The van der Waals surface area contributed by atoms with E-state index < -0.39 is 0 Å². The van der Waals surface area contributed by atoms with Gasteiger partial charge in [0, 0.05) is 36.3 Å². The van der Waals surface area contributed by atoms with Crippen molar-refractivity contribution < 1.29 is 14.3 Å². The second kappa shape index (κ2) is 11.9. The summed E-state index contributed by atoms with van der Waals surface area (Å²) < 4.78 is 13.0. The topological polar surface area (TPSA) is 78.3 Å². The van der Waals surface area contributed by atoms with E-state index in [1.54, 1.807) is 32.4 Å². The lowest BCUT2D eigenvalue weighted by Gasteiger charge is -2.26. The highest BCUT2D eigenvalue weighted by Crippen LogP contribution is 2.35. The molecule has 198 valence electrons. The van der Waals surface area contributed by atoms with E-state index in [2.05, 4.69) is 62.5 Å². The third kappa shape index (κ3) is 5.80. The van der Waals surface area contributed by atoms with Crippen LogP contribution >= 0.6 is 11.8 Å². The number of carbonyl (C=O) groups excluding carboxylic acids is 1. The third-order valence-electron chi connectivity index (χ3n) is 7.17. The molecule has 5 rings (SSSR count). The zero-order valence-electron chi connectivity index (χ0n) is 22.1. The van der Waals surface area contributed by atoms with Crippen LogP contribution < -0.4 is 14.8 Å². The Hall–Kier alpha value is -3.52. The second-order valence-electron chi connectivity index (χ2n) is 9.73. The molecule has 4 aromatic rings. The molecule has 0 radical (unpaired) electrons. The summed E-state index contributed by atoms with van der Waals surface area (Å²) in [6.45, 7) is 1.90. The van der Waals surface area contributed by atoms with Crippen LogP contribution in [0, 0.1) is 0 Å². The van der Waals surface area contributed by atoms with Crippen molar-refractivity contribution >= 4 is 34.1 Å². The Balaban J connectivity index is 1.39. The largest absolute Gasteiger partial charge is 0.497 e. The quantitative estimate of drug-likeness (QED) is 0.244. The van der Waals surface area contributed by atoms with E-state index in [0.29, 0.717) is 29.6 Å². The molecule has 3 aromatic carbocycles. The first-order valence-corrected chi connectivity index (χ1v) is 14.0. The summed E-state index contributed by atoms with van der Waals surface area (Å²) in [6, 6.07) is 20.6. The maximum atomic E-state index is 13.2. The maximum absolute atomic E-state index is 13.2. The first-order valence-electron chi connectivity index (χ1n) is 13.2. The highest BCUT2D eigenvalue weighted by Gasteiger charge is 2.26. The van der Waals surface area contributed by atoms with E-state index >= 15 is 0 Å². The van der Waals surface area contributed by atoms with Gasteiger partial charge in [-0.25, -0.2) is 0 Å². The van der Waals surface area contributed by atoms with Gasteiger partial charge in [-0.05, 0) is 36.1 Å². The number of methoxy groups -OCH3 is 2. The number of nitrogens with zero attached hydrogens (tertiary/aromatic N) is 3. The molecule has 1 saturated carbocycles. The van der Waals surface area contributed by atoms with Gasteiger partial charge in [0.15, 0.2) is 5.16 Å². The van der Waals surface area contributed by atoms with Gasteiger partial charge >= 0.3 is 0 Å². The van der Waals surface area contributed by atoms with Gasteiger partial charge in [-0.3, -0.25) is 4.79 Å². The van der Waals surface area contributed by atoms with Crippen molar-refractivity contribution in [2.75, 3.05) is 19.5 Å². The number of hydrogen-bond acceptors (Lipinski definition) is 6. The number of anilines is 1. The Morgan fingerprint density at radius 1 is 1.00 bits per heavy atom. The number of aromatic nitrogens is 3. The number of hydrogen-bond donors (Lipinski definition) is 1. The molecule has 0 bridgehead atoms. The van der Waals surface area contributed by atoms with Gasteiger partial charge in [-0.15, -0.1) is 10.2 Å². The lowest BCUT2D eigenvalue weighted by atomic mass is 9.95. The highest BCUT2D eigenvalue weighted by atomic mass is 32.2. The average Bonchev–Trinajstić information content (AvgIpc) is 3.34. The van der Waals surface area contributed by atoms with Crippen LogP contribution in [0.1, 0.15) is 56.5 Å². The lowest BCUT2D eigenvalue weighted by molar-refractivity contribution is -0.115. The molecular weight excluding hydrogens is 496 g/mol. The molecule has 1 heterocycles. The summed E-state index contributed by atoms with van der Waals surface area (Å²) in [5.74, 6) is 2.09. The Morgan fingerprint density at radius 2 is 1.71 bits per heavy atom. The van der Waals surface area contributed by atoms with Crippen molar-refractivity contribution in [3.05, 3.63) is 72.1 Å². The average molecular weight is 531 g/mol. The zero-order chi connectivity index (χ0) is 26.5. The normalized spacial score (nSPS) is 14.8. The predicted molar refractivity (Wildman–Crippen MR) is 152 cm³/mol. The van der Waals surface area contributed by atoms with Gasteiger partial charge in [0.25, 0.3) is 0 Å². The number of fused-ring (bicyclic) bond motifs is 1. The van der Waals surface area contributed by atoms with E-state index in [9.17, 15) is 4.79 Å². The monoisotopic (exact) mass is 530 g/mol. The van der Waals surface area contributed by atoms with Crippen LogP contribution in [0.3, 0.4) is 0 Å². The highest BCUT2D eigenvalue weighted by molar-refractivity contribution is 8.00. The van der Waals surface area contributed by atoms with Crippen LogP contribution in [0.15, 0.2) is 65.8 Å². The maximum Gasteiger partial charge on any atom is 0.237 e. The molecule has 0 spiro atoms. The minimum Gasteiger partial charge on any atom is -0.497 e. The molecule has 1 aromatic heterocycles. The molecule has 7 nitrogen and oxygen atoms in total. The van der Waals surface area contributed by atoms with E-state index in [-0.39, 0.29) is 11.2 Å². The number of thioether (sulfide) groups is 1. The van der Waals surface area contributed by atoms with Crippen LogP contribution in [0.2, 0.25) is 0 Å². The van der Waals surface area contributed by atoms with Gasteiger partial charge in [-0.1, -0.05) is 73.5 Å². The Bertz CT molecular complexity index is 1390. The predicted octanol–water partition coefficient (Wildman–Crippen LogP) is 6.66. The van der Waals surface area contributed by atoms with Gasteiger partial charge in [-0.2, -0.15) is 0 Å². The number of rotatable bonds is 9. The van der Waals surface area contributed by atoms with Gasteiger partial charge in [0.05, 0.1) is 19.5 Å². The summed E-state index contributed by atoms with van der Waals surface area (Å²) in [7, 11) is 3.18. The van der Waals surface area contributed by atoms with Crippen molar-refractivity contribution in [2.45, 2.75) is 61.9 Å². The van der Waals surface area contributed by atoms with Crippen molar-refractivity contribution in [1.29, 1.82) is 0 Å². The molecular formula is C30H34N4O3S. The van der Waals surface area contributed by atoms with Crippen LogP contribution in [0.25, 0.3) is 10.8 Å². The molecule has 1 N–H and O–H groups in total. The Morgan fingerprint density at radius 3 is 2.45 bits per heavy atom. The third-order valence-corrected chi connectivity index (χ3v) is 8.23. The van der Waals surface area contributed by atoms with Crippen LogP contribution in [0.4, 0.5) is 5.69 Å². The first-order chi connectivity index (χ1) is 18.6. The van der Waals surface area contributed by atoms with Crippen molar-refractivity contribution in [1.82, 2.24) is 14.8 Å². The van der Waals surface area contributed by atoms with E-state index in [0.717, 1.165) is 23.8 Å². The summed E-state index contributed by atoms with van der Waals surface area (Å²) in [6.07, 6.45) is 6.59. The Kier molecular flexibility index (Phi) is 8.17. The molecule has 1 atom stereocenters. The van der Waals surface area contributed by atoms with Crippen LogP contribution in [-0.2, 0) is 11.2 Å². The van der Waals surface area contributed by atoms with E-state index in [4.69, 9.17) is 9.47 Å². The van der Waals surface area contributed by atoms with Crippen molar-refractivity contribution in [2.24, 2.45) is 0 Å². The molecule has 1 unspecified atom stereocenters. The molecule has 0 saturated heterocycles. The molecule has 0 aliphatic heterocycles. The zero-order valence-corrected chi connectivity index (χ0v) is 23.0. The van der Waals surface area contributed by atoms with Gasteiger partial charge in [0.2, 0.25) is 5.91 Å². The second-order valence-corrected chi connectivity index (χ2v) is 11.0. The van der Waals surface area contributed by atoms with Gasteiger partial charge < -0.3 is 19.4 Å². The number of nitrogens with one attached hydrogen (secondary N) is 1. The molecule has 1 aliphatic rings. The summed E-state index contributed by atoms with van der Waals surface area (Å²) in [5, 5.41) is 15.2.